The van der Waals surface area contributed by atoms with Crippen LogP contribution in [0.25, 0.3) is 10.8 Å². The number of halogens is 1. The highest BCUT2D eigenvalue weighted by molar-refractivity contribution is 6.30. The Balaban J connectivity index is 1.48. The number of rotatable bonds is 2. The lowest BCUT2D eigenvalue weighted by molar-refractivity contribution is -0.0163. The molecule has 1 aliphatic rings. The predicted octanol–water partition coefficient (Wildman–Crippen LogP) is 5.21. The van der Waals surface area contributed by atoms with Crippen LogP contribution in [0.2, 0.25) is 5.02 Å². The van der Waals surface area contributed by atoms with Crippen LogP contribution in [0.15, 0.2) is 60.7 Å². The minimum Gasteiger partial charge on any atom is -0.491 e. The van der Waals surface area contributed by atoms with Gasteiger partial charge in [0.1, 0.15) is 18.5 Å². The number of nitrogens with zero attached hydrogens (tertiary/aromatic N) is 1. The van der Waals surface area contributed by atoms with Crippen LogP contribution >= 0.6 is 11.6 Å². The number of aryl methyl sites for hydroxylation is 1. The lowest BCUT2D eigenvalue weighted by Gasteiger charge is -2.26. The zero-order valence-electron chi connectivity index (χ0n) is 18.4. The number of aliphatic hydroxyl groups excluding tert-OH is 2. The van der Waals surface area contributed by atoms with Gasteiger partial charge in [0, 0.05) is 18.1 Å². The van der Waals surface area contributed by atoms with Crippen molar-refractivity contribution in [2.24, 2.45) is 0 Å². The van der Waals surface area contributed by atoms with Crippen molar-refractivity contribution in [2.75, 3.05) is 19.7 Å². The second-order valence-corrected chi connectivity index (χ2v) is 9.15. The van der Waals surface area contributed by atoms with Gasteiger partial charge in [0.15, 0.2) is 0 Å². The smallest absolute Gasteiger partial charge is 0.122 e. The molecule has 0 aromatic heterocycles. The first-order chi connectivity index (χ1) is 15.6. The summed E-state index contributed by atoms with van der Waals surface area (Å²) in [6, 6.07) is 20.5. The molecule has 2 atom stereocenters. The van der Waals surface area contributed by atoms with Crippen molar-refractivity contribution in [2.45, 2.75) is 50.9 Å². The fraction of sp³-hybridized carbons (Fsp3) is 0.407. The molecule has 0 saturated heterocycles. The van der Waals surface area contributed by atoms with Gasteiger partial charge in [-0.1, -0.05) is 60.5 Å². The molecule has 2 N–H and O–H groups in total. The average Bonchev–Trinajstić information content (AvgIpc) is 2.80. The fourth-order valence-corrected chi connectivity index (χ4v) is 4.64. The van der Waals surface area contributed by atoms with Gasteiger partial charge in [-0.25, -0.2) is 0 Å². The van der Waals surface area contributed by atoms with E-state index in [1.807, 2.05) is 12.1 Å². The monoisotopic (exact) mass is 453 g/mol. The first-order valence-electron chi connectivity index (χ1n) is 11.6. The minimum absolute atomic E-state index is 0.0686. The van der Waals surface area contributed by atoms with Gasteiger partial charge >= 0.3 is 0 Å². The van der Waals surface area contributed by atoms with Gasteiger partial charge in [0.05, 0.1) is 6.10 Å². The van der Waals surface area contributed by atoms with Crippen molar-refractivity contribution >= 4 is 22.4 Å². The van der Waals surface area contributed by atoms with Gasteiger partial charge in [0.25, 0.3) is 0 Å². The van der Waals surface area contributed by atoms with Gasteiger partial charge in [-0.2, -0.15) is 0 Å². The molecule has 170 valence electrons. The lowest BCUT2D eigenvalue weighted by Crippen LogP contribution is -2.36. The number of aliphatic hydroxyl groups is 2. The van der Waals surface area contributed by atoms with Crippen LogP contribution in [-0.2, 0) is 13.0 Å². The summed E-state index contributed by atoms with van der Waals surface area (Å²) in [4.78, 5) is 2.40. The zero-order chi connectivity index (χ0) is 22.3. The van der Waals surface area contributed by atoms with E-state index >= 15 is 0 Å². The summed E-state index contributed by atoms with van der Waals surface area (Å²) >= 11 is 6.19. The van der Waals surface area contributed by atoms with Crippen LogP contribution in [0.5, 0.6) is 5.75 Å². The van der Waals surface area contributed by atoms with E-state index in [4.69, 9.17) is 16.3 Å². The van der Waals surface area contributed by atoms with Gasteiger partial charge in [-0.15, -0.1) is 0 Å². The van der Waals surface area contributed by atoms with Crippen LogP contribution in [0.1, 0.15) is 36.8 Å². The van der Waals surface area contributed by atoms with E-state index in [2.05, 4.69) is 47.4 Å². The van der Waals surface area contributed by atoms with Gasteiger partial charge in [-0.3, -0.25) is 4.90 Å². The number of hydrogen-bond donors (Lipinski definition) is 2. The van der Waals surface area contributed by atoms with Crippen LogP contribution in [0.4, 0.5) is 0 Å². The average molecular weight is 454 g/mol. The van der Waals surface area contributed by atoms with E-state index in [1.165, 1.54) is 16.3 Å². The van der Waals surface area contributed by atoms with Crippen molar-refractivity contribution in [3.05, 3.63) is 76.8 Å². The molecule has 0 unspecified atom stereocenters. The summed E-state index contributed by atoms with van der Waals surface area (Å²) in [6.07, 6.45) is 2.89. The summed E-state index contributed by atoms with van der Waals surface area (Å²) < 4.78 is 5.86. The molecule has 0 aliphatic carbocycles. The van der Waals surface area contributed by atoms with Crippen molar-refractivity contribution in [1.29, 1.82) is 0 Å². The molecule has 5 heteroatoms. The molecular weight excluding hydrogens is 422 g/mol. The van der Waals surface area contributed by atoms with Crippen LogP contribution < -0.4 is 4.74 Å². The molecule has 1 heterocycles. The first kappa shape index (κ1) is 23.1. The quantitative estimate of drug-likeness (QED) is 0.559. The third-order valence-corrected chi connectivity index (χ3v) is 6.55. The molecule has 3 aromatic carbocycles. The molecule has 4 nitrogen and oxygen atoms in total. The normalized spacial score (nSPS) is 21.5. The Morgan fingerprint density at radius 3 is 2.66 bits per heavy atom. The number of ether oxygens (including phenoxy) is 1. The van der Waals surface area contributed by atoms with Crippen LogP contribution in [0, 0.1) is 0 Å². The van der Waals surface area contributed by atoms with E-state index in [9.17, 15) is 10.2 Å². The number of hydrogen-bond acceptors (Lipinski definition) is 4. The van der Waals surface area contributed by atoms with Crippen molar-refractivity contribution in [1.82, 2.24) is 4.90 Å². The minimum atomic E-state index is -0.930. The zero-order valence-corrected chi connectivity index (χ0v) is 19.2. The topological polar surface area (TPSA) is 52.9 Å². The number of benzene rings is 3. The highest BCUT2D eigenvalue weighted by atomic mass is 35.5. The molecule has 0 saturated carbocycles. The van der Waals surface area contributed by atoms with Crippen molar-refractivity contribution in [3.8, 4) is 5.75 Å². The Labute approximate surface area is 195 Å². The maximum absolute atomic E-state index is 10.6. The molecule has 0 radical (unpaired) electrons. The van der Waals surface area contributed by atoms with E-state index in [0.29, 0.717) is 11.4 Å². The van der Waals surface area contributed by atoms with Gasteiger partial charge in [-0.05, 0) is 72.3 Å². The molecule has 1 aliphatic heterocycles. The highest BCUT2D eigenvalue weighted by Crippen LogP contribution is 2.26. The lowest BCUT2D eigenvalue weighted by atomic mass is 10.0. The predicted molar refractivity (Wildman–Crippen MR) is 130 cm³/mol. The van der Waals surface area contributed by atoms with Crippen LogP contribution in [0.3, 0.4) is 0 Å². The largest absolute Gasteiger partial charge is 0.491 e. The Morgan fingerprint density at radius 2 is 1.75 bits per heavy atom. The van der Waals surface area contributed by atoms with E-state index in [1.54, 1.807) is 6.07 Å². The van der Waals surface area contributed by atoms with Gasteiger partial charge < -0.3 is 14.9 Å². The maximum Gasteiger partial charge on any atom is 0.122 e. The van der Waals surface area contributed by atoms with E-state index in [-0.39, 0.29) is 6.61 Å². The van der Waals surface area contributed by atoms with E-state index < -0.39 is 12.2 Å². The molecular formula is C27H32ClNO3. The third kappa shape index (κ3) is 6.02. The molecule has 3 aromatic rings. The summed E-state index contributed by atoms with van der Waals surface area (Å²) in [5.74, 6) is 0.746. The Kier molecular flexibility index (Phi) is 8.04. The maximum atomic E-state index is 10.6. The summed E-state index contributed by atoms with van der Waals surface area (Å²) in [6.45, 7) is 2.59. The fourth-order valence-electron chi connectivity index (χ4n) is 4.45. The molecule has 0 bridgehead atoms. The highest BCUT2D eigenvalue weighted by Gasteiger charge is 2.20. The summed E-state index contributed by atoms with van der Waals surface area (Å²) in [5.41, 5.74) is 2.36. The number of fused-ring (bicyclic) bond motifs is 2. The SMILES string of the molecule is O[C@@H]1COc2ccc(Cl)cc2CCCCCN(Cc2cccc3ccccc23)CC[C@@H]1O. The second kappa shape index (κ2) is 11.2. The summed E-state index contributed by atoms with van der Waals surface area (Å²) in [7, 11) is 0. The Morgan fingerprint density at radius 1 is 0.906 bits per heavy atom. The molecule has 0 amide bonds. The molecule has 32 heavy (non-hydrogen) atoms. The molecule has 4 rings (SSSR count). The Hall–Kier alpha value is -2.11. The second-order valence-electron chi connectivity index (χ2n) is 8.71. The third-order valence-electron chi connectivity index (χ3n) is 6.31. The van der Waals surface area contributed by atoms with Crippen molar-refractivity contribution < 1.29 is 14.9 Å². The van der Waals surface area contributed by atoms with Crippen LogP contribution in [-0.4, -0.2) is 47.0 Å². The molecule has 0 spiro atoms. The summed E-state index contributed by atoms with van der Waals surface area (Å²) in [5, 5.41) is 24.2. The van der Waals surface area contributed by atoms with Gasteiger partial charge in [0.2, 0.25) is 0 Å². The first-order valence-corrected chi connectivity index (χ1v) is 11.9. The standard InChI is InChI=1S/C27H32ClNO3/c28-23-12-13-27-21(17-23)8-2-1-5-15-29(16-14-25(30)26(31)19-32-27)18-22-10-6-9-20-7-3-4-11-24(20)22/h3-4,6-7,9-13,17,25-26,30-31H,1-2,5,8,14-16,18-19H2/t25-,26+/m0/s1. The van der Waals surface area contributed by atoms with Crippen molar-refractivity contribution in [3.63, 3.8) is 0 Å². The molecule has 0 fully saturated rings. The Bertz CT molecular complexity index is 1020. The van der Waals surface area contributed by atoms with E-state index in [0.717, 1.165) is 56.6 Å².